The van der Waals surface area contributed by atoms with E-state index < -0.39 is 0 Å². The van der Waals surface area contributed by atoms with E-state index >= 15 is 0 Å². The molecule has 0 aromatic heterocycles. The average Bonchev–Trinajstić information content (AvgIpc) is 2.56. The van der Waals surface area contributed by atoms with Crippen molar-refractivity contribution < 1.29 is 19.0 Å². The Morgan fingerprint density at radius 2 is 1.73 bits per heavy atom. The van der Waals surface area contributed by atoms with Crippen molar-refractivity contribution in [3.8, 4) is 11.5 Å². The Balaban J connectivity index is 1.23. The van der Waals surface area contributed by atoms with Gasteiger partial charge in [-0.15, -0.1) is 0 Å². The van der Waals surface area contributed by atoms with E-state index in [-0.39, 0.29) is 15.7 Å². The van der Waals surface area contributed by atoms with Crippen LogP contribution < -0.4 is 9.47 Å². The molecule has 26 heavy (non-hydrogen) atoms. The molecule has 0 amide bonds. The van der Waals surface area contributed by atoms with Crippen LogP contribution in [-0.4, -0.2) is 30.6 Å². The second-order valence-electron chi connectivity index (χ2n) is 8.53. The fourth-order valence-corrected chi connectivity index (χ4v) is 7.40. The summed E-state index contributed by atoms with van der Waals surface area (Å²) in [6, 6.07) is 7.41. The molecule has 4 aliphatic carbocycles. The third kappa shape index (κ3) is 3.88. The second kappa shape index (κ2) is 7.06. The number of alkyl halides is 1. The molecule has 0 saturated heterocycles. The molecule has 4 atom stereocenters. The van der Waals surface area contributed by atoms with E-state index in [4.69, 9.17) is 14.2 Å². The molecule has 4 saturated carbocycles. The number of hydrogen-bond acceptors (Lipinski definition) is 4. The highest BCUT2D eigenvalue weighted by molar-refractivity contribution is 9.10. The van der Waals surface area contributed by atoms with Crippen LogP contribution in [0.4, 0.5) is 0 Å². The Kier molecular flexibility index (Phi) is 4.93. The monoisotopic (exact) mass is 422 g/mol. The lowest BCUT2D eigenvalue weighted by molar-refractivity contribution is -0.151. The summed E-state index contributed by atoms with van der Waals surface area (Å²) in [5.41, 5.74) is 0.168. The maximum atomic E-state index is 12.4. The number of carbonyl (C=O) groups is 1. The predicted molar refractivity (Wildman–Crippen MR) is 103 cm³/mol. The molecule has 1 aromatic carbocycles. The van der Waals surface area contributed by atoms with E-state index in [1.165, 1.54) is 32.1 Å². The lowest BCUT2D eigenvalue weighted by Gasteiger charge is -2.60. The van der Waals surface area contributed by atoms with Crippen molar-refractivity contribution in [1.82, 2.24) is 0 Å². The molecule has 0 N–H and O–H groups in total. The van der Waals surface area contributed by atoms with Gasteiger partial charge in [0.15, 0.2) is 0 Å². The third-order valence-corrected chi connectivity index (χ3v) is 7.23. The number of ether oxygens (including phenoxy) is 3. The zero-order valence-corrected chi connectivity index (χ0v) is 16.9. The molecule has 0 radical (unpaired) electrons. The normalized spacial score (nSPS) is 34.5. The zero-order chi connectivity index (χ0) is 18.2. The minimum absolute atomic E-state index is 0.0682. The van der Waals surface area contributed by atoms with Gasteiger partial charge in [0.25, 0.3) is 0 Å². The first kappa shape index (κ1) is 18.1. The number of benzene rings is 1. The fourth-order valence-electron chi connectivity index (χ4n) is 5.89. The molecule has 2 unspecified atom stereocenters. The van der Waals surface area contributed by atoms with E-state index in [1.807, 2.05) is 24.3 Å². The Labute approximate surface area is 163 Å². The van der Waals surface area contributed by atoms with Gasteiger partial charge in [-0.25, -0.2) is 0 Å². The van der Waals surface area contributed by atoms with Crippen LogP contribution in [0.25, 0.3) is 0 Å². The molecular weight excluding hydrogens is 396 g/mol. The van der Waals surface area contributed by atoms with Gasteiger partial charge >= 0.3 is 5.97 Å². The Hall–Kier alpha value is -1.23. The first-order valence-corrected chi connectivity index (χ1v) is 10.4. The smallest absolute Gasteiger partial charge is 0.306 e. The van der Waals surface area contributed by atoms with E-state index in [2.05, 4.69) is 15.9 Å². The molecule has 0 heterocycles. The SMILES string of the molecule is COc1ccc(OCCOC(=O)CC23C[C@@H]4C[C@@H](CC(Br)(C4)C2)C3)cc1. The van der Waals surface area contributed by atoms with Gasteiger partial charge in [-0.2, -0.15) is 0 Å². The van der Waals surface area contributed by atoms with E-state index in [9.17, 15) is 4.79 Å². The van der Waals surface area contributed by atoms with Crippen molar-refractivity contribution in [2.75, 3.05) is 20.3 Å². The average molecular weight is 423 g/mol. The summed E-state index contributed by atoms with van der Waals surface area (Å²) in [6.07, 6.45) is 8.04. The molecule has 142 valence electrons. The van der Waals surface area contributed by atoms with Gasteiger partial charge in [0.1, 0.15) is 24.7 Å². The van der Waals surface area contributed by atoms with Crippen molar-refractivity contribution in [2.24, 2.45) is 17.3 Å². The Morgan fingerprint density at radius 3 is 2.35 bits per heavy atom. The van der Waals surface area contributed by atoms with Gasteiger partial charge in [0, 0.05) is 4.32 Å². The van der Waals surface area contributed by atoms with E-state index in [0.29, 0.717) is 19.6 Å². The van der Waals surface area contributed by atoms with Crippen LogP contribution in [0, 0.1) is 17.3 Å². The van der Waals surface area contributed by atoms with Crippen molar-refractivity contribution in [3.05, 3.63) is 24.3 Å². The standard InChI is InChI=1S/C21H27BrO4/c1-24-17-2-4-18(5-3-17)25-6-7-26-19(23)13-20-9-15-8-16(10-20)12-21(22,11-15)14-20/h2-5,15-16H,6-14H2,1H3/t15-,16+,20?,21?. The molecule has 4 nitrogen and oxygen atoms in total. The van der Waals surface area contributed by atoms with Crippen molar-refractivity contribution in [3.63, 3.8) is 0 Å². The van der Waals surface area contributed by atoms with Crippen LogP contribution in [-0.2, 0) is 9.53 Å². The number of halogens is 1. The Morgan fingerprint density at radius 1 is 1.08 bits per heavy atom. The van der Waals surface area contributed by atoms with Gasteiger partial charge < -0.3 is 14.2 Å². The maximum absolute atomic E-state index is 12.4. The second-order valence-corrected chi connectivity index (χ2v) is 10.2. The maximum Gasteiger partial charge on any atom is 0.306 e. The predicted octanol–water partition coefficient (Wildman–Crippen LogP) is 4.74. The van der Waals surface area contributed by atoms with Gasteiger partial charge in [-0.1, -0.05) is 15.9 Å². The minimum Gasteiger partial charge on any atom is -0.497 e. The first-order valence-electron chi connectivity index (χ1n) is 9.59. The molecule has 1 aromatic rings. The largest absolute Gasteiger partial charge is 0.497 e. The highest BCUT2D eigenvalue weighted by Crippen LogP contribution is 2.65. The lowest BCUT2D eigenvalue weighted by Crippen LogP contribution is -2.53. The molecule has 4 fully saturated rings. The molecule has 4 bridgehead atoms. The first-order chi connectivity index (χ1) is 12.5. The highest BCUT2D eigenvalue weighted by atomic mass is 79.9. The van der Waals surface area contributed by atoms with Crippen LogP contribution in [0.5, 0.6) is 11.5 Å². The minimum atomic E-state index is -0.0682. The quantitative estimate of drug-likeness (QED) is 0.361. The molecule has 5 heteroatoms. The van der Waals surface area contributed by atoms with Crippen LogP contribution >= 0.6 is 15.9 Å². The van der Waals surface area contributed by atoms with Crippen molar-refractivity contribution in [1.29, 1.82) is 0 Å². The summed E-state index contributed by atoms with van der Waals surface area (Å²) in [5, 5.41) is 0. The number of rotatable bonds is 7. The van der Waals surface area contributed by atoms with Crippen LogP contribution in [0.1, 0.15) is 44.9 Å². The van der Waals surface area contributed by atoms with E-state index in [0.717, 1.165) is 29.8 Å². The highest BCUT2D eigenvalue weighted by Gasteiger charge is 2.57. The summed E-state index contributed by atoms with van der Waals surface area (Å²) in [5.74, 6) is 3.07. The van der Waals surface area contributed by atoms with E-state index in [1.54, 1.807) is 7.11 Å². The Bertz CT molecular complexity index is 642. The summed E-state index contributed by atoms with van der Waals surface area (Å²) in [4.78, 5) is 12.4. The summed E-state index contributed by atoms with van der Waals surface area (Å²) in [7, 11) is 1.64. The van der Waals surface area contributed by atoms with Gasteiger partial charge in [0.05, 0.1) is 13.5 Å². The summed E-state index contributed by atoms with van der Waals surface area (Å²) < 4.78 is 16.5. The molecule has 0 aliphatic heterocycles. The van der Waals surface area contributed by atoms with Crippen LogP contribution in [0.2, 0.25) is 0 Å². The molecule has 5 rings (SSSR count). The fraction of sp³-hybridized carbons (Fsp3) is 0.667. The van der Waals surface area contributed by atoms with Crippen molar-refractivity contribution in [2.45, 2.75) is 49.3 Å². The topological polar surface area (TPSA) is 44.8 Å². The van der Waals surface area contributed by atoms with Crippen LogP contribution in [0.3, 0.4) is 0 Å². The lowest BCUT2D eigenvalue weighted by atomic mass is 9.49. The molecule has 4 aliphatic rings. The van der Waals surface area contributed by atoms with Crippen LogP contribution in [0.15, 0.2) is 24.3 Å². The summed E-state index contributed by atoms with van der Waals surface area (Å²) >= 11 is 4.00. The molecular formula is C21H27BrO4. The zero-order valence-electron chi connectivity index (χ0n) is 15.3. The van der Waals surface area contributed by atoms with Gasteiger partial charge in [0.2, 0.25) is 0 Å². The van der Waals surface area contributed by atoms with Gasteiger partial charge in [-0.3, -0.25) is 4.79 Å². The molecule has 0 spiro atoms. The number of carbonyl (C=O) groups excluding carboxylic acids is 1. The number of methoxy groups -OCH3 is 1. The summed E-state index contributed by atoms with van der Waals surface area (Å²) in [6.45, 7) is 0.673. The number of hydrogen-bond donors (Lipinski definition) is 0. The van der Waals surface area contributed by atoms with Crippen molar-refractivity contribution >= 4 is 21.9 Å². The van der Waals surface area contributed by atoms with Gasteiger partial charge in [-0.05, 0) is 80.0 Å². The third-order valence-electron chi connectivity index (χ3n) is 6.30. The number of esters is 1.